The molecule has 0 saturated carbocycles. The molecule has 0 aliphatic heterocycles. The second-order valence-corrected chi connectivity index (χ2v) is 3.55. The number of aromatic nitrogens is 2. The summed E-state index contributed by atoms with van der Waals surface area (Å²) in [6.07, 6.45) is 4.05. The first-order chi connectivity index (χ1) is 7.24. The number of phenolic OH excluding ortho intramolecular Hbond substituents is 1. The average molecular weight is 221 g/mol. The minimum Gasteiger partial charge on any atom is -0.508 e. The molecule has 0 saturated heterocycles. The van der Waals surface area contributed by atoms with Gasteiger partial charge in [-0.1, -0.05) is 12.1 Å². The molecule has 0 aliphatic carbocycles. The van der Waals surface area contributed by atoms with Crippen LogP contribution in [-0.4, -0.2) is 15.1 Å². The maximum absolute atomic E-state index is 9.28. The Kier molecular flexibility index (Phi) is 2.83. The highest BCUT2D eigenvalue weighted by molar-refractivity contribution is 6.28. The molecular formula is C11H9ClN2O. The van der Waals surface area contributed by atoms with Crippen molar-refractivity contribution in [3.8, 4) is 5.75 Å². The lowest BCUT2D eigenvalue weighted by Gasteiger charge is -2.01. The Morgan fingerprint density at radius 2 is 1.87 bits per heavy atom. The van der Waals surface area contributed by atoms with Gasteiger partial charge >= 0.3 is 0 Å². The van der Waals surface area contributed by atoms with Crippen LogP contribution in [0.3, 0.4) is 0 Å². The van der Waals surface area contributed by atoms with E-state index < -0.39 is 0 Å². The van der Waals surface area contributed by atoms with Gasteiger partial charge in [0.2, 0.25) is 5.28 Å². The molecule has 3 nitrogen and oxygen atoms in total. The fourth-order valence-corrected chi connectivity index (χ4v) is 1.43. The summed E-state index contributed by atoms with van der Waals surface area (Å²) in [5.74, 6) is 0.266. The summed E-state index contributed by atoms with van der Waals surface area (Å²) in [5.41, 5.74) is 1.98. The van der Waals surface area contributed by atoms with Crippen LogP contribution in [0.2, 0.25) is 5.28 Å². The minimum absolute atomic E-state index is 0.245. The highest BCUT2D eigenvalue weighted by Crippen LogP contribution is 2.14. The first kappa shape index (κ1) is 9.93. The fraction of sp³-hybridized carbons (Fsp3) is 0.0909. The number of halogens is 1. The van der Waals surface area contributed by atoms with E-state index in [2.05, 4.69) is 9.97 Å². The molecule has 1 aromatic heterocycles. The van der Waals surface area contributed by atoms with Crippen LogP contribution < -0.4 is 0 Å². The lowest BCUT2D eigenvalue weighted by Crippen LogP contribution is -1.91. The monoisotopic (exact) mass is 220 g/mol. The molecular weight excluding hydrogens is 212 g/mol. The predicted octanol–water partition coefficient (Wildman–Crippen LogP) is 2.43. The minimum atomic E-state index is 0.245. The molecule has 0 atom stereocenters. The van der Waals surface area contributed by atoms with Crippen LogP contribution in [0.4, 0.5) is 0 Å². The number of rotatable bonds is 2. The van der Waals surface area contributed by atoms with E-state index in [-0.39, 0.29) is 11.0 Å². The van der Waals surface area contributed by atoms with Crippen molar-refractivity contribution in [3.63, 3.8) is 0 Å². The number of nitrogens with zero attached hydrogens (tertiary/aromatic N) is 2. The van der Waals surface area contributed by atoms with Crippen molar-refractivity contribution in [2.45, 2.75) is 6.42 Å². The number of phenols is 1. The van der Waals surface area contributed by atoms with Gasteiger partial charge in [0.15, 0.2) is 0 Å². The largest absolute Gasteiger partial charge is 0.508 e. The van der Waals surface area contributed by atoms with Crippen molar-refractivity contribution < 1.29 is 5.11 Å². The van der Waals surface area contributed by atoms with Crippen molar-refractivity contribution >= 4 is 11.6 Å². The van der Waals surface area contributed by atoms with Crippen LogP contribution in [0.1, 0.15) is 11.1 Å². The Labute approximate surface area is 92.4 Å². The Hall–Kier alpha value is -1.61. The normalized spacial score (nSPS) is 10.2. The van der Waals surface area contributed by atoms with Gasteiger partial charge in [0.1, 0.15) is 5.75 Å². The zero-order chi connectivity index (χ0) is 10.7. The topological polar surface area (TPSA) is 46.0 Å². The van der Waals surface area contributed by atoms with Crippen LogP contribution in [0.25, 0.3) is 0 Å². The first-order valence-electron chi connectivity index (χ1n) is 4.48. The van der Waals surface area contributed by atoms with Crippen molar-refractivity contribution in [3.05, 3.63) is 53.1 Å². The molecule has 0 bridgehead atoms. The van der Waals surface area contributed by atoms with Crippen molar-refractivity contribution in [2.24, 2.45) is 0 Å². The Bertz CT molecular complexity index is 456. The lowest BCUT2D eigenvalue weighted by molar-refractivity contribution is 0.474. The zero-order valence-corrected chi connectivity index (χ0v) is 8.65. The summed E-state index contributed by atoms with van der Waals surface area (Å²) < 4.78 is 0. The quantitative estimate of drug-likeness (QED) is 0.791. The van der Waals surface area contributed by atoms with E-state index >= 15 is 0 Å². The molecule has 0 aliphatic rings. The van der Waals surface area contributed by atoms with E-state index in [9.17, 15) is 5.11 Å². The molecule has 2 aromatic rings. The number of hydrogen-bond acceptors (Lipinski definition) is 3. The molecule has 1 heterocycles. The van der Waals surface area contributed by atoms with E-state index in [1.165, 1.54) is 0 Å². The van der Waals surface area contributed by atoms with Gasteiger partial charge in [-0.2, -0.15) is 0 Å². The summed E-state index contributed by atoms with van der Waals surface area (Å²) in [6.45, 7) is 0. The van der Waals surface area contributed by atoms with Crippen LogP contribution >= 0.6 is 11.6 Å². The van der Waals surface area contributed by atoms with E-state index in [1.807, 2.05) is 6.07 Å². The molecule has 1 N–H and O–H groups in total. The first-order valence-corrected chi connectivity index (χ1v) is 4.86. The Morgan fingerprint density at radius 3 is 2.53 bits per heavy atom. The number of benzene rings is 1. The third-order valence-electron chi connectivity index (χ3n) is 1.99. The summed E-state index contributed by atoms with van der Waals surface area (Å²) in [6, 6.07) is 7.10. The van der Waals surface area contributed by atoms with Gasteiger partial charge in [0.05, 0.1) is 0 Å². The smallest absolute Gasteiger partial charge is 0.222 e. The van der Waals surface area contributed by atoms with Crippen molar-refractivity contribution in [2.75, 3.05) is 0 Å². The standard InChI is InChI=1S/C11H9ClN2O/c12-11-13-6-9(7-14-11)4-8-2-1-3-10(15)5-8/h1-3,5-7,15H,4H2. The van der Waals surface area contributed by atoms with Crippen molar-refractivity contribution in [1.29, 1.82) is 0 Å². The second-order valence-electron chi connectivity index (χ2n) is 3.21. The molecule has 0 fully saturated rings. The predicted molar refractivity (Wildman–Crippen MR) is 58.0 cm³/mol. The summed E-state index contributed by atoms with van der Waals surface area (Å²) in [7, 11) is 0. The third-order valence-corrected chi connectivity index (χ3v) is 2.19. The van der Waals surface area contributed by atoms with E-state index in [4.69, 9.17) is 11.6 Å². The summed E-state index contributed by atoms with van der Waals surface area (Å²) in [4.78, 5) is 7.78. The summed E-state index contributed by atoms with van der Waals surface area (Å²) >= 11 is 5.58. The van der Waals surface area contributed by atoms with Gasteiger partial charge < -0.3 is 5.11 Å². The molecule has 0 radical (unpaired) electrons. The zero-order valence-electron chi connectivity index (χ0n) is 7.89. The molecule has 4 heteroatoms. The van der Waals surface area contributed by atoms with Gasteiger partial charge in [0.25, 0.3) is 0 Å². The van der Waals surface area contributed by atoms with Crippen LogP contribution in [0.15, 0.2) is 36.7 Å². The fourth-order valence-electron chi connectivity index (χ4n) is 1.33. The molecule has 2 rings (SSSR count). The second kappa shape index (κ2) is 4.28. The van der Waals surface area contributed by atoms with Gasteiger partial charge in [-0.3, -0.25) is 0 Å². The third kappa shape index (κ3) is 2.67. The van der Waals surface area contributed by atoms with Gasteiger partial charge in [0, 0.05) is 18.8 Å². The van der Waals surface area contributed by atoms with Crippen LogP contribution in [0, 0.1) is 0 Å². The Morgan fingerprint density at radius 1 is 1.13 bits per heavy atom. The maximum Gasteiger partial charge on any atom is 0.222 e. The molecule has 15 heavy (non-hydrogen) atoms. The molecule has 0 spiro atoms. The number of hydrogen-bond donors (Lipinski definition) is 1. The van der Waals surface area contributed by atoms with Crippen molar-refractivity contribution in [1.82, 2.24) is 9.97 Å². The molecule has 1 aromatic carbocycles. The number of aromatic hydroxyl groups is 1. The molecule has 76 valence electrons. The van der Waals surface area contributed by atoms with Crippen LogP contribution in [-0.2, 0) is 6.42 Å². The lowest BCUT2D eigenvalue weighted by atomic mass is 10.1. The SMILES string of the molecule is Oc1cccc(Cc2cnc(Cl)nc2)c1. The van der Waals surface area contributed by atoms with Gasteiger partial charge in [-0.05, 0) is 34.9 Å². The maximum atomic E-state index is 9.28. The van der Waals surface area contributed by atoms with E-state index in [0.717, 1.165) is 11.1 Å². The highest BCUT2D eigenvalue weighted by atomic mass is 35.5. The molecule has 0 amide bonds. The van der Waals surface area contributed by atoms with Gasteiger partial charge in [-0.25, -0.2) is 9.97 Å². The van der Waals surface area contributed by atoms with Crippen LogP contribution in [0.5, 0.6) is 5.75 Å². The summed E-state index contributed by atoms with van der Waals surface area (Å²) in [5, 5.41) is 9.53. The van der Waals surface area contributed by atoms with E-state index in [1.54, 1.807) is 30.6 Å². The highest BCUT2D eigenvalue weighted by Gasteiger charge is 1.98. The van der Waals surface area contributed by atoms with Gasteiger partial charge in [-0.15, -0.1) is 0 Å². The molecule has 0 unspecified atom stereocenters. The van der Waals surface area contributed by atoms with E-state index in [0.29, 0.717) is 6.42 Å². The Balaban J connectivity index is 2.18. The average Bonchev–Trinajstić information content (AvgIpc) is 2.22.